The van der Waals surface area contributed by atoms with Crippen LogP contribution in [-0.2, 0) is 0 Å². The van der Waals surface area contributed by atoms with Gasteiger partial charge in [-0.15, -0.1) is 0 Å². The first-order valence-electron chi connectivity index (χ1n) is 4.32. The predicted molar refractivity (Wildman–Crippen MR) is 57.7 cm³/mol. The summed E-state index contributed by atoms with van der Waals surface area (Å²) in [6.45, 7) is 2.85. The molecular formula is C9H16ClNS. The zero-order valence-electron chi connectivity index (χ0n) is 7.48. The van der Waals surface area contributed by atoms with Crippen LogP contribution in [-0.4, -0.2) is 17.0 Å². The molecule has 0 saturated carbocycles. The minimum absolute atomic E-state index is 0.301. The van der Waals surface area contributed by atoms with E-state index in [2.05, 4.69) is 6.92 Å². The molecule has 1 rings (SSSR count). The third-order valence-corrected chi connectivity index (χ3v) is 4.34. The summed E-state index contributed by atoms with van der Waals surface area (Å²) in [5, 5.41) is 0. The van der Waals surface area contributed by atoms with E-state index in [1.54, 1.807) is 5.54 Å². The molecule has 0 aromatic heterocycles. The molecule has 1 aliphatic rings. The van der Waals surface area contributed by atoms with Crippen molar-refractivity contribution in [3.8, 4) is 0 Å². The fourth-order valence-corrected chi connectivity index (χ4v) is 3.21. The summed E-state index contributed by atoms with van der Waals surface area (Å²) >= 11 is 7.65. The number of hydrogen-bond acceptors (Lipinski definition) is 2. The highest BCUT2D eigenvalue weighted by atomic mass is 35.5. The maximum absolute atomic E-state index is 5.78. The molecule has 1 fully saturated rings. The quantitative estimate of drug-likeness (QED) is 0.767. The van der Waals surface area contributed by atoms with E-state index in [-0.39, 0.29) is 0 Å². The Kier molecular flexibility index (Phi) is 3.94. The number of nitrogens with two attached hydrogens (primary N) is 1. The molecule has 1 atom stereocenters. The Morgan fingerprint density at radius 1 is 1.75 bits per heavy atom. The van der Waals surface area contributed by atoms with E-state index in [9.17, 15) is 0 Å². The number of thioether (sulfide) groups is 1. The Morgan fingerprint density at radius 3 is 2.92 bits per heavy atom. The molecule has 0 amide bonds. The third-order valence-electron chi connectivity index (χ3n) is 2.34. The average molecular weight is 206 g/mol. The minimum Gasteiger partial charge on any atom is -0.329 e. The first-order valence-corrected chi connectivity index (χ1v) is 5.74. The highest BCUT2D eigenvalue weighted by molar-refractivity contribution is 8.00. The molecule has 70 valence electrons. The molecule has 0 aliphatic carbocycles. The highest BCUT2D eigenvalue weighted by Gasteiger charge is 2.33. The number of allylic oxidation sites excluding steroid dienone is 1. The van der Waals surface area contributed by atoms with Crippen LogP contribution in [0.25, 0.3) is 0 Å². The van der Waals surface area contributed by atoms with Crippen LogP contribution >= 0.6 is 23.4 Å². The molecule has 12 heavy (non-hydrogen) atoms. The van der Waals surface area contributed by atoms with Crippen LogP contribution in [0.4, 0.5) is 0 Å². The van der Waals surface area contributed by atoms with Gasteiger partial charge >= 0.3 is 0 Å². The average Bonchev–Trinajstić information content (AvgIpc) is 2.54. The molecule has 2 N–H and O–H groups in total. The van der Waals surface area contributed by atoms with Crippen LogP contribution in [0.3, 0.4) is 0 Å². The van der Waals surface area contributed by atoms with Gasteiger partial charge in [-0.2, -0.15) is 11.8 Å². The number of hydrogen-bond donors (Lipinski definition) is 1. The summed E-state index contributed by atoms with van der Waals surface area (Å²) in [7, 11) is 0. The number of halogens is 1. The topological polar surface area (TPSA) is 26.0 Å². The summed E-state index contributed by atoms with van der Waals surface area (Å²) in [6.07, 6.45) is 3.60. The molecule has 0 radical (unpaired) electrons. The molecule has 1 unspecified atom stereocenters. The Bertz CT molecular complexity index is 173. The van der Waals surface area contributed by atoms with E-state index in [0.29, 0.717) is 4.75 Å². The van der Waals surface area contributed by atoms with Gasteiger partial charge < -0.3 is 5.73 Å². The van der Waals surface area contributed by atoms with Gasteiger partial charge in [-0.3, -0.25) is 0 Å². The largest absolute Gasteiger partial charge is 0.329 e. The molecule has 1 saturated heterocycles. The highest BCUT2D eigenvalue weighted by Crippen LogP contribution is 2.41. The standard InChI is InChI=1S/C9H16ClNS/c1-8(6-10)5-9(7-11)3-2-4-12-9/h6H,2-5,7,11H2,1H3/b8-6+. The molecule has 0 aromatic carbocycles. The minimum atomic E-state index is 0.301. The second kappa shape index (κ2) is 4.54. The Balaban J connectivity index is 2.55. The van der Waals surface area contributed by atoms with Gasteiger partial charge in [0.2, 0.25) is 0 Å². The van der Waals surface area contributed by atoms with Gasteiger partial charge in [-0.1, -0.05) is 17.2 Å². The van der Waals surface area contributed by atoms with Crippen LogP contribution in [0.2, 0.25) is 0 Å². The van der Waals surface area contributed by atoms with E-state index < -0.39 is 0 Å². The predicted octanol–water partition coefficient (Wildman–Crippen LogP) is 2.74. The van der Waals surface area contributed by atoms with E-state index in [4.69, 9.17) is 17.3 Å². The van der Waals surface area contributed by atoms with Crippen LogP contribution in [0.15, 0.2) is 11.1 Å². The van der Waals surface area contributed by atoms with Crippen molar-refractivity contribution in [3.05, 3.63) is 11.1 Å². The van der Waals surface area contributed by atoms with Gasteiger partial charge in [0.25, 0.3) is 0 Å². The first-order chi connectivity index (χ1) is 5.72. The lowest BCUT2D eigenvalue weighted by Crippen LogP contribution is -2.31. The second-order valence-electron chi connectivity index (χ2n) is 3.47. The molecular weight excluding hydrogens is 190 g/mol. The van der Waals surface area contributed by atoms with Crippen LogP contribution in [0.1, 0.15) is 26.2 Å². The Hall–Kier alpha value is 0.340. The first kappa shape index (κ1) is 10.4. The molecule has 3 heteroatoms. The van der Waals surface area contributed by atoms with E-state index in [1.807, 2.05) is 11.8 Å². The van der Waals surface area contributed by atoms with Gasteiger partial charge in [0, 0.05) is 16.8 Å². The normalized spacial score (nSPS) is 31.1. The van der Waals surface area contributed by atoms with Gasteiger partial charge in [-0.25, -0.2) is 0 Å². The van der Waals surface area contributed by atoms with Gasteiger partial charge in [0.15, 0.2) is 0 Å². The molecule has 1 heterocycles. The van der Waals surface area contributed by atoms with Gasteiger partial charge in [-0.05, 0) is 31.9 Å². The van der Waals surface area contributed by atoms with Crippen molar-refractivity contribution in [2.75, 3.05) is 12.3 Å². The molecule has 0 bridgehead atoms. The lowest BCUT2D eigenvalue weighted by molar-refractivity contribution is 0.562. The summed E-state index contributed by atoms with van der Waals surface area (Å²) in [6, 6.07) is 0. The summed E-state index contributed by atoms with van der Waals surface area (Å²) in [4.78, 5) is 0. The van der Waals surface area contributed by atoms with Crippen molar-refractivity contribution < 1.29 is 0 Å². The van der Waals surface area contributed by atoms with Crippen molar-refractivity contribution in [3.63, 3.8) is 0 Å². The third kappa shape index (κ3) is 2.41. The van der Waals surface area contributed by atoms with Gasteiger partial charge in [0.1, 0.15) is 0 Å². The zero-order valence-corrected chi connectivity index (χ0v) is 9.05. The lowest BCUT2D eigenvalue weighted by atomic mass is 9.96. The fraction of sp³-hybridized carbons (Fsp3) is 0.778. The fourth-order valence-electron chi connectivity index (χ4n) is 1.67. The molecule has 0 aromatic rings. The van der Waals surface area contributed by atoms with Crippen molar-refractivity contribution in [2.45, 2.75) is 30.9 Å². The van der Waals surface area contributed by atoms with E-state index in [1.165, 1.54) is 24.2 Å². The molecule has 1 nitrogen and oxygen atoms in total. The van der Waals surface area contributed by atoms with Crippen LogP contribution in [0.5, 0.6) is 0 Å². The van der Waals surface area contributed by atoms with Crippen molar-refractivity contribution in [1.29, 1.82) is 0 Å². The summed E-state index contributed by atoms with van der Waals surface area (Å²) in [5.74, 6) is 1.26. The maximum Gasteiger partial charge on any atom is 0.0319 e. The van der Waals surface area contributed by atoms with Crippen molar-refractivity contribution >= 4 is 23.4 Å². The van der Waals surface area contributed by atoms with E-state index >= 15 is 0 Å². The monoisotopic (exact) mass is 205 g/mol. The van der Waals surface area contributed by atoms with Crippen molar-refractivity contribution in [2.24, 2.45) is 5.73 Å². The lowest BCUT2D eigenvalue weighted by Gasteiger charge is -2.26. The molecule has 1 aliphatic heterocycles. The maximum atomic E-state index is 5.78. The SMILES string of the molecule is C/C(=C\Cl)CC1(CN)CCCS1. The zero-order chi connectivity index (χ0) is 9.03. The Labute approximate surface area is 83.7 Å². The number of rotatable bonds is 3. The van der Waals surface area contributed by atoms with E-state index in [0.717, 1.165) is 13.0 Å². The summed E-state index contributed by atoms with van der Waals surface area (Å²) in [5.41, 5.74) is 8.70. The van der Waals surface area contributed by atoms with Crippen molar-refractivity contribution in [1.82, 2.24) is 0 Å². The van der Waals surface area contributed by atoms with Gasteiger partial charge in [0.05, 0.1) is 0 Å². The molecule has 0 spiro atoms. The Morgan fingerprint density at radius 2 is 2.50 bits per heavy atom. The second-order valence-corrected chi connectivity index (χ2v) is 5.25. The summed E-state index contributed by atoms with van der Waals surface area (Å²) < 4.78 is 0.301. The van der Waals surface area contributed by atoms with Crippen LogP contribution in [0, 0.1) is 0 Å². The smallest absolute Gasteiger partial charge is 0.0319 e. The van der Waals surface area contributed by atoms with Crippen LogP contribution < -0.4 is 5.73 Å².